The van der Waals surface area contributed by atoms with E-state index in [1.807, 2.05) is 6.92 Å². The van der Waals surface area contributed by atoms with E-state index in [9.17, 15) is 9.18 Å². The highest BCUT2D eigenvalue weighted by Crippen LogP contribution is 2.10. The van der Waals surface area contributed by atoms with Crippen LogP contribution in [0.2, 0.25) is 0 Å². The zero-order chi connectivity index (χ0) is 15.1. The Kier molecular flexibility index (Phi) is 6.14. The molecule has 1 saturated heterocycles. The van der Waals surface area contributed by atoms with Gasteiger partial charge in [0.1, 0.15) is 12.4 Å². The van der Waals surface area contributed by atoms with Crippen molar-refractivity contribution in [3.05, 3.63) is 35.1 Å². The summed E-state index contributed by atoms with van der Waals surface area (Å²) in [7, 11) is 0. The predicted molar refractivity (Wildman–Crippen MR) is 79.7 cm³/mol. The fourth-order valence-corrected chi connectivity index (χ4v) is 2.48. The number of piperidine rings is 1. The van der Waals surface area contributed by atoms with E-state index < -0.39 is 0 Å². The largest absolute Gasteiger partial charge is 0.368 e. The lowest BCUT2D eigenvalue weighted by atomic mass is 10.1. The van der Waals surface area contributed by atoms with Gasteiger partial charge in [0.25, 0.3) is 0 Å². The monoisotopic (exact) mass is 294 g/mol. The molecule has 0 spiro atoms. The molecule has 116 valence electrons. The van der Waals surface area contributed by atoms with Gasteiger partial charge in [0.05, 0.1) is 6.10 Å². The maximum Gasteiger partial charge on any atom is 0.246 e. The Hall–Kier alpha value is -1.46. The molecule has 2 N–H and O–H groups in total. The number of benzene rings is 1. The summed E-state index contributed by atoms with van der Waals surface area (Å²) in [6.07, 6.45) is 2.81. The third kappa shape index (κ3) is 5.44. The van der Waals surface area contributed by atoms with Crippen LogP contribution < -0.4 is 10.6 Å². The molecule has 0 radical (unpaired) electrons. The van der Waals surface area contributed by atoms with E-state index in [2.05, 4.69) is 10.6 Å². The topological polar surface area (TPSA) is 50.4 Å². The van der Waals surface area contributed by atoms with E-state index in [0.717, 1.165) is 37.1 Å². The Bertz CT molecular complexity index is 473. The maximum atomic E-state index is 13.0. The standard InChI is InChI=1S/C16H23FN2O2/c1-12-10-14(17)3-2-13(12)4-9-19-16(20)11-21-15-5-7-18-8-6-15/h2-3,10,15,18H,4-9,11H2,1H3,(H,19,20). The molecule has 1 aliphatic rings. The number of rotatable bonds is 6. The highest BCUT2D eigenvalue weighted by Gasteiger charge is 2.14. The summed E-state index contributed by atoms with van der Waals surface area (Å²) < 4.78 is 18.6. The number of hydrogen-bond donors (Lipinski definition) is 2. The summed E-state index contributed by atoms with van der Waals surface area (Å²) in [6, 6.07) is 4.73. The van der Waals surface area contributed by atoms with Crippen LogP contribution in [0.3, 0.4) is 0 Å². The average molecular weight is 294 g/mol. The second-order valence-corrected chi connectivity index (χ2v) is 5.43. The third-order valence-corrected chi connectivity index (χ3v) is 3.76. The molecule has 21 heavy (non-hydrogen) atoms. The summed E-state index contributed by atoms with van der Waals surface area (Å²) in [5.74, 6) is -0.316. The van der Waals surface area contributed by atoms with Crippen molar-refractivity contribution in [2.75, 3.05) is 26.2 Å². The summed E-state index contributed by atoms with van der Waals surface area (Å²) in [4.78, 5) is 11.7. The van der Waals surface area contributed by atoms with Crippen LogP contribution in [0.4, 0.5) is 4.39 Å². The van der Waals surface area contributed by atoms with Crippen molar-refractivity contribution in [2.24, 2.45) is 0 Å². The normalized spacial score (nSPS) is 15.9. The van der Waals surface area contributed by atoms with Crippen LogP contribution in [0.25, 0.3) is 0 Å². The van der Waals surface area contributed by atoms with E-state index in [1.165, 1.54) is 12.1 Å². The fraction of sp³-hybridized carbons (Fsp3) is 0.562. The predicted octanol–water partition coefficient (Wildman–Crippen LogP) is 1.56. The molecule has 0 aliphatic carbocycles. The van der Waals surface area contributed by atoms with Gasteiger partial charge < -0.3 is 15.4 Å². The SMILES string of the molecule is Cc1cc(F)ccc1CCNC(=O)COC1CCNCC1. The van der Waals surface area contributed by atoms with Crippen molar-refractivity contribution in [3.8, 4) is 0 Å². The lowest BCUT2D eigenvalue weighted by molar-refractivity contribution is -0.128. The van der Waals surface area contributed by atoms with Gasteiger partial charge in [-0.05, 0) is 62.5 Å². The van der Waals surface area contributed by atoms with E-state index in [-0.39, 0.29) is 24.4 Å². The Morgan fingerprint density at radius 3 is 2.90 bits per heavy atom. The molecular weight excluding hydrogens is 271 g/mol. The van der Waals surface area contributed by atoms with Crippen molar-refractivity contribution >= 4 is 5.91 Å². The van der Waals surface area contributed by atoms with Gasteiger partial charge >= 0.3 is 0 Å². The number of hydrogen-bond acceptors (Lipinski definition) is 3. The van der Waals surface area contributed by atoms with Crippen LogP contribution in [-0.4, -0.2) is 38.3 Å². The molecule has 0 atom stereocenters. The number of aryl methyl sites for hydroxylation is 1. The molecular formula is C16H23FN2O2. The Morgan fingerprint density at radius 1 is 1.43 bits per heavy atom. The molecule has 1 heterocycles. The van der Waals surface area contributed by atoms with Crippen molar-refractivity contribution in [3.63, 3.8) is 0 Å². The molecule has 4 nitrogen and oxygen atoms in total. The highest BCUT2D eigenvalue weighted by molar-refractivity contribution is 5.77. The van der Waals surface area contributed by atoms with Gasteiger partial charge in [0.2, 0.25) is 5.91 Å². The maximum absolute atomic E-state index is 13.0. The fourth-order valence-electron chi connectivity index (χ4n) is 2.48. The lowest BCUT2D eigenvalue weighted by Crippen LogP contribution is -2.36. The molecule has 0 aromatic heterocycles. The quantitative estimate of drug-likeness (QED) is 0.837. The van der Waals surface area contributed by atoms with Crippen molar-refractivity contribution < 1.29 is 13.9 Å². The second-order valence-electron chi connectivity index (χ2n) is 5.43. The zero-order valence-corrected chi connectivity index (χ0v) is 12.5. The molecule has 0 bridgehead atoms. The first-order chi connectivity index (χ1) is 10.1. The molecule has 1 aromatic carbocycles. The highest BCUT2D eigenvalue weighted by atomic mass is 19.1. The first-order valence-electron chi connectivity index (χ1n) is 7.49. The number of carbonyl (C=O) groups is 1. The van der Waals surface area contributed by atoms with Gasteiger partial charge in [-0.25, -0.2) is 4.39 Å². The third-order valence-electron chi connectivity index (χ3n) is 3.76. The first-order valence-corrected chi connectivity index (χ1v) is 7.49. The minimum absolute atomic E-state index is 0.0895. The van der Waals surface area contributed by atoms with Crippen LogP contribution in [-0.2, 0) is 16.0 Å². The van der Waals surface area contributed by atoms with Gasteiger partial charge in [-0.2, -0.15) is 0 Å². The molecule has 1 fully saturated rings. The molecule has 2 rings (SSSR count). The number of amides is 1. The Labute approximate surface area is 125 Å². The lowest BCUT2D eigenvalue weighted by Gasteiger charge is -2.22. The number of ether oxygens (including phenoxy) is 1. The Balaban J connectivity index is 1.64. The van der Waals surface area contributed by atoms with Gasteiger partial charge in [-0.15, -0.1) is 0 Å². The van der Waals surface area contributed by atoms with Crippen molar-refractivity contribution in [2.45, 2.75) is 32.3 Å². The molecule has 1 aliphatic heterocycles. The van der Waals surface area contributed by atoms with E-state index in [0.29, 0.717) is 13.0 Å². The number of nitrogens with one attached hydrogen (secondary N) is 2. The van der Waals surface area contributed by atoms with E-state index in [1.54, 1.807) is 6.07 Å². The van der Waals surface area contributed by atoms with Crippen LogP contribution in [0.15, 0.2) is 18.2 Å². The van der Waals surface area contributed by atoms with Gasteiger partial charge in [-0.3, -0.25) is 4.79 Å². The van der Waals surface area contributed by atoms with Crippen LogP contribution in [0.5, 0.6) is 0 Å². The van der Waals surface area contributed by atoms with Gasteiger partial charge in [0, 0.05) is 6.54 Å². The molecule has 0 unspecified atom stereocenters. The molecule has 0 saturated carbocycles. The Morgan fingerprint density at radius 2 is 2.19 bits per heavy atom. The molecule has 1 amide bonds. The van der Waals surface area contributed by atoms with E-state index >= 15 is 0 Å². The number of carbonyl (C=O) groups excluding carboxylic acids is 1. The number of halogens is 1. The van der Waals surface area contributed by atoms with Crippen LogP contribution in [0.1, 0.15) is 24.0 Å². The molecule has 1 aromatic rings. The first kappa shape index (κ1) is 15.9. The summed E-state index contributed by atoms with van der Waals surface area (Å²) in [5, 5.41) is 6.10. The smallest absolute Gasteiger partial charge is 0.246 e. The van der Waals surface area contributed by atoms with Crippen LogP contribution in [0, 0.1) is 12.7 Å². The average Bonchev–Trinajstić information content (AvgIpc) is 2.48. The van der Waals surface area contributed by atoms with Crippen LogP contribution >= 0.6 is 0 Å². The molecule has 5 heteroatoms. The zero-order valence-electron chi connectivity index (χ0n) is 12.5. The van der Waals surface area contributed by atoms with Crippen molar-refractivity contribution in [1.29, 1.82) is 0 Å². The summed E-state index contributed by atoms with van der Waals surface area (Å²) in [6.45, 7) is 4.45. The van der Waals surface area contributed by atoms with Crippen molar-refractivity contribution in [1.82, 2.24) is 10.6 Å². The van der Waals surface area contributed by atoms with Gasteiger partial charge in [0.15, 0.2) is 0 Å². The summed E-state index contributed by atoms with van der Waals surface area (Å²) in [5.41, 5.74) is 1.96. The second kappa shape index (κ2) is 8.10. The summed E-state index contributed by atoms with van der Waals surface area (Å²) >= 11 is 0. The minimum Gasteiger partial charge on any atom is -0.368 e. The van der Waals surface area contributed by atoms with Gasteiger partial charge in [-0.1, -0.05) is 6.07 Å². The minimum atomic E-state index is -0.226. The van der Waals surface area contributed by atoms with E-state index in [4.69, 9.17) is 4.74 Å².